The van der Waals surface area contributed by atoms with Gasteiger partial charge in [-0.2, -0.15) is 0 Å². The number of amides is 1. The highest BCUT2D eigenvalue weighted by molar-refractivity contribution is 9.10. The normalized spacial score (nSPS) is 10.3. The van der Waals surface area contributed by atoms with E-state index in [2.05, 4.69) is 26.6 Å². The number of nitrogens with one attached hydrogen (secondary N) is 2. The Kier molecular flexibility index (Phi) is 4.87. The minimum atomic E-state index is -0.545. The van der Waals surface area contributed by atoms with E-state index in [0.717, 1.165) is 5.56 Å². The summed E-state index contributed by atoms with van der Waals surface area (Å²) in [6, 6.07) is 11.7. The van der Waals surface area contributed by atoms with Gasteiger partial charge in [0.15, 0.2) is 0 Å². The van der Waals surface area contributed by atoms with Crippen LogP contribution < -0.4 is 10.6 Å². The maximum Gasteiger partial charge on any atom is 0.258 e. The van der Waals surface area contributed by atoms with Crippen molar-refractivity contribution in [1.29, 1.82) is 0 Å². The smallest absolute Gasteiger partial charge is 0.258 e. The molecule has 20 heavy (non-hydrogen) atoms. The van der Waals surface area contributed by atoms with E-state index in [1.54, 1.807) is 12.1 Å². The lowest BCUT2D eigenvalue weighted by Crippen LogP contribution is -2.16. The van der Waals surface area contributed by atoms with Crippen molar-refractivity contribution in [2.45, 2.75) is 6.54 Å². The monoisotopic (exact) mass is 336 g/mol. The third kappa shape index (κ3) is 3.43. The maximum atomic E-state index is 13.7. The van der Waals surface area contributed by atoms with Gasteiger partial charge in [0.1, 0.15) is 5.82 Å². The molecule has 0 bridgehead atoms. The van der Waals surface area contributed by atoms with Crippen molar-refractivity contribution in [1.82, 2.24) is 5.32 Å². The fraction of sp³-hybridized carbons (Fsp3) is 0.133. The van der Waals surface area contributed by atoms with E-state index in [0.29, 0.717) is 16.7 Å². The number of carbonyl (C=O) groups excluding carboxylic acids is 1. The molecule has 0 radical (unpaired) electrons. The molecule has 0 aliphatic carbocycles. The third-order valence-electron chi connectivity index (χ3n) is 2.81. The Morgan fingerprint density at radius 3 is 2.75 bits per heavy atom. The molecular weight excluding hydrogens is 323 g/mol. The van der Waals surface area contributed by atoms with Gasteiger partial charge in [-0.15, -0.1) is 0 Å². The fourth-order valence-electron chi connectivity index (χ4n) is 1.85. The van der Waals surface area contributed by atoms with Gasteiger partial charge >= 0.3 is 0 Å². The van der Waals surface area contributed by atoms with Crippen LogP contribution in [0.4, 0.5) is 10.1 Å². The number of para-hydroxylation sites is 1. The molecule has 5 heteroatoms. The number of halogens is 2. The van der Waals surface area contributed by atoms with Crippen molar-refractivity contribution in [2.24, 2.45) is 0 Å². The summed E-state index contributed by atoms with van der Waals surface area (Å²) in [4.78, 5) is 12.2. The first-order valence-electron chi connectivity index (χ1n) is 6.10. The molecule has 0 spiro atoms. The molecule has 0 aliphatic rings. The van der Waals surface area contributed by atoms with E-state index in [4.69, 9.17) is 0 Å². The summed E-state index contributed by atoms with van der Waals surface area (Å²) < 4.78 is 14.3. The Balaban J connectivity index is 2.26. The molecule has 2 aromatic carbocycles. The number of carbonyl (C=O) groups is 1. The molecule has 0 atom stereocenters. The van der Waals surface area contributed by atoms with E-state index in [9.17, 15) is 9.18 Å². The lowest BCUT2D eigenvalue weighted by atomic mass is 10.1. The molecule has 0 aliphatic heterocycles. The number of benzene rings is 2. The minimum absolute atomic E-state index is 0.0126. The quantitative estimate of drug-likeness (QED) is 0.896. The summed E-state index contributed by atoms with van der Waals surface area (Å²) in [6.45, 7) is 0.622. The van der Waals surface area contributed by atoms with Crippen molar-refractivity contribution < 1.29 is 9.18 Å². The molecule has 104 valence electrons. The summed E-state index contributed by atoms with van der Waals surface area (Å²) in [6.07, 6.45) is 0. The van der Waals surface area contributed by atoms with Gasteiger partial charge in [-0.05, 0) is 36.9 Å². The van der Waals surface area contributed by atoms with Crippen LogP contribution in [-0.4, -0.2) is 13.0 Å². The van der Waals surface area contributed by atoms with E-state index >= 15 is 0 Å². The average molecular weight is 337 g/mol. The van der Waals surface area contributed by atoms with Gasteiger partial charge in [0.2, 0.25) is 0 Å². The SMILES string of the molecule is CNCc1ccccc1NC(=O)c1cc(Br)ccc1F. The highest BCUT2D eigenvalue weighted by Crippen LogP contribution is 2.19. The van der Waals surface area contributed by atoms with Gasteiger partial charge in [-0.25, -0.2) is 4.39 Å². The first kappa shape index (κ1) is 14.7. The van der Waals surface area contributed by atoms with Gasteiger partial charge in [-0.3, -0.25) is 4.79 Å². The van der Waals surface area contributed by atoms with Crippen LogP contribution in [0.5, 0.6) is 0 Å². The minimum Gasteiger partial charge on any atom is -0.322 e. The summed E-state index contributed by atoms with van der Waals surface area (Å²) >= 11 is 3.23. The molecular formula is C15H14BrFN2O. The zero-order chi connectivity index (χ0) is 14.5. The molecule has 0 aromatic heterocycles. The van der Waals surface area contributed by atoms with Crippen LogP contribution in [0.15, 0.2) is 46.9 Å². The number of anilines is 1. The van der Waals surface area contributed by atoms with Crippen LogP contribution in [0.1, 0.15) is 15.9 Å². The average Bonchev–Trinajstić information content (AvgIpc) is 2.44. The topological polar surface area (TPSA) is 41.1 Å². The van der Waals surface area contributed by atoms with Crippen molar-refractivity contribution in [3.05, 3.63) is 63.9 Å². The summed E-state index contributed by atoms with van der Waals surface area (Å²) in [5.74, 6) is -1.01. The highest BCUT2D eigenvalue weighted by Gasteiger charge is 2.13. The second-order valence-corrected chi connectivity index (χ2v) is 5.18. The number of hydrogen-bond acceptors (Lipinski definition) is 2. The van der Waals surface area contributed by atoms with Crippen molar-refractivity contribution in [2.75, 3.05) is 12.4 Å². The van der Waals surface area contributed by atoms with Gasteiger partial charge < -0.3 is 10.6 Å². The maximum absolute atomic E-state index is 13.7. The predicted molar refractivity (Wildman–Crippen MR) is 81.3 cm³/mol. The first-order chi connectivity index (χ1) is 9.61. The molecule has 0 saturated heterocycles. The molecule has 0 unspecified atom stereocenters. The molecule has 0 fully saturated rings. The molecule has 2 rings (SSSR count). The van der Waals surface area contributed by atoms with Crippen LogP contribution in [-0.2, 0) is 6.54 Å². The Bertz CT molecular complexity index is 631. The van der Waals surface area contributed by atoms with Gasteiger partial charge in [0, 0.05) is 16.7 Å². The predicted octanol–water partition coefficient (Wildman–Crippen LogP) is 3.56. The lowest BCUT2D eigenvalue weighted by molar-refractivity contribution is 0.102. The van der Waals surface area contributed by atoms with Crippen molar-refractivity contribution >= 4 is 27.5 Å². The van der Waals surface area contributed by atoms with Gasteiger partial charge in [0.05, 0.1) is 5.56 Å². The second kappa shape index (κ2) is 6.63. The van der Waals surface area contributed by atoms with Crippen LogP contribution in [0.3, 0.4) is 0 Å². The number of rotatable bonds is 4. The molecule has 0 heterocycles. The Morgan fingerprint density at radius 2 is 2.00 bits per heavy atom. The molecule has 1 amide bonds. The van der Waals surface area contributed by atoms with Crippen LogP contribution in [0.25, 0.3) is 0 Å². The van der Waals surface area contributed by atoms with Crippen LogP contribution in [0, 0.1) is 5.82 Å². The Morgan fingerprint density at radius 1 is 1.25 bits per heavy atom. The largest absolute Gasteiger partial charge is 0.322 e. The Labute approximate surface area is 125 Å². The summed E-state index contributed by atoms with van der Waals surface area (Å²) in [5, 5.41) is 5.76. The van der Waals surface area contributed by atoms with E-state index in [1.165, 1.54) is 12.1 Å². The lowest BCUT2D eigenvalue weighted by Gasteiger charge is -2.11. The third-order valence-corrected chi connectivity index (χ3v) is 3.30. The van der Waals surface area contributed by atoms with E-state index in [1.807, 2.05) is 25.2 Å². The van der Waals surface area contributed by atoms with E-state index in [-0.39, 0.29) is 5.56 Å². The molecule has 2 aromatic rings. The standard InChI is InChI=1S/C15H14BrFN2O/c1-18-9-10-4-2-3-5-14(10)19-15(20)12-8-11(16)6-7-13(12)17/h2-8,18H,9H2,1H3,(H,19,20). The zero-order valence-electron chi connectivity index (χ0n) is 10.9. The van der Waals surface area contributed by atoms with Crippen molar-refractivity contribution in [3.8, 4) is 0 Å². The number of hydrogen-bond donors (Lipinski definition) is 2. The van der Waals surface area contributed by atoms with E-state index < -0.39 is 11.7 Å². The second-order valence-electron chi connectivity index (χ2n) is 4.27. The first-order valence-corrected chi connectivity index (χ1v) is 6.90. The Hall–Kier alpha value is -1.72. The fourth-order valence-corrected chi connectivity index (χ4v) is 2.21. The summed E-state index contributed by atoms with van der Waals surface area (Å²) in [5.41, 5.74) is 1.63. The molecule has 0 saturated carbocycles. The molecule has 2 N–H and O–H groups in total. The van der Waals surface area contributed by atoms with Crippen molar-refractivity contribution in [3.63, 3.8) is 0 Å². The summed E-state index contributed by atoms with van der Waals surface area (Å²) in [7, 11) is 1.83. The highest BCUT2D eigenvalue weighted by atomic mass is 79.9. The molecule has 3 nitrogen and oxygen atoms in total. The van der Waals surface area contributed by atoms with Gasteiger partial charge in [0.25, 0.3) is 5.91 Å². The van der Waals surface area contributed by atoms with Crippen LogP contribution in [0.2, 0.25) is 0 Å². The van der Waals surface area contributed by atoms with Crippen LogP contribution >= 0.6 is 15.9 Å². The van der Waals surface area contributed by atoms with Gasteiger partial charge in [-0.1, -0.05) is 34.1 Å². The zero-order valence-corrected chi connectivity index (χ0v) is 12.5.